The molecule has 0 radical (unpaired) electrons. The second-order valence-corrected chi connectivity index (χ2v) is 3.15. The molecule has 1 N–H and O–H groups in total. The number of hydrogen-bond acceptors (Lipinski definition) is 3. The van der Waals surface area contributed by atoms with Gasteiger partial charge in [0.1, 0.15) is 0 Å². The molecule has 0 unspecified atom stereocenters. The van der Waals surface area contributed by atoms with Crippen molar-refractivity contribution in [1.82, 2.24) is 5.32 Å². The Morgan fingerprint density at radius 1 is 1.43 bits per heavy atom. The molecule has 1 aromatic carbocycles. The van der Waals surface area contributed by atoms with Crippen LogP contribution in [0, 0.1) is 0 Å². The Kier molecular flexibility index (Phi) is 4.76. The fourth-order valence-electron chi connectivity index (χ4n) is 1.71. The first kappa shape index (κ1) is 12.4. The SMILES string of the molecule is O=C([O-])[C@@H]1NCCc2ccccc21.[K+]. The van der Waals surface area contributed by atoms with Crippen molar-refractivity contribution in [1.29, 1.82) is 0 Å². The first-order valence-corrected chi connectivity index (χ1v) is 4.31. The van der Waals surface area contributed by atoms with E-state index in [9.17, 15) is 9.90 Å². The van der Waals surface area contributed by atoms with E-state index in [0.29, 0.717) is 6.54 Å². The van der Waals surface area contributed by atoms with Gasteiger partial charge in [-0.05, 0) is 17.5 Å². The summed E-state index contributed by atoms with van der Waals surface area (Å²) in [6.07, 6.45) is 0.889. The largest absolute Gasteiger partial charge is 1.00 e. The standard InChI is InChI=1S/C10H11NO2.K/c12-10(13)9-8-4-2-1-3-7(8)5-6-11-9;/h1-4,9,11H,5-6H2,(H,12,13);/q;+1/p-1/t9-;/m1./s1. The molecule has 2 rings (SSSR count). The average Bonchev–Trinajstić information content (AvgIpc) is 2.17. The summed E-state index contributed by atoms with van der Waals surface area (Å²) in [6.45, 7) is 0.704. The number of hydrogen-bond donors (Lipinski definition) is 1. The van der Waals surface area contributed by atoms with E-state index in [1.54, 1.807) is 0 Å². The van der Waals surface area contributed by atoms with Crippen LogP contribution in [0.25, 0.3) is 0 Å². The van der Waals surface area contributed by atoms with E-state index in [4.69, 9.17) is 0 Å². The number of carboxylic acids is 1. The molecule has 68 valence electrons. The van der Waals surface area contributed by atoms with Crippen molar-refractivity contribution in [3.63, 3.8) is 0 Å². The van der Waals surface area contributed by atoms with Crippen LogP contribution in [-0.2, 0) is 11.2 Å². The van der Waals surface area contributed by atoms with Gasteiger partial charge in [-0.2, -0.15) is 0 Å². The first-order chi connectivity index (χ1) is 6.29. The van der Waals surface area contributed by atoms with Gasteiger partial charge in [-0.15, -0.1) is 0 Å². The number of carbonyl (C=O) groups excluding carboxylic acids is 1. The summed E-state index contributed by atoms with van der Waals surface area (Å²) < 4.78 is 0. The van der Waals surface area contributed by atoms with Crippen LogP contribution in [0.4, 0.5) is 0 Å². The number of rotatable bonds is 1. The van der Waals surface area contributed by atoms with Crippen molar-refractivity contribution < 1.29 is 61.3 Å². The van der Waals surface area contributed by atoms with Crippen LogP contribution in [0.1, 0.15) is 17.2 Å². The zero-order valence-corrected chi connectivity index (χ0v) is 11.2. The Morgan fingerprint density at radius 2 is 2.14 bits per heavy atom. The molecule has 1 atom stereocenters. The summed E-state index contributed by atoms with van der Waals surface area (Å²) in [5, 5.41) is 13.7. The normalized spacial score (nSPS) is 19.3. The maximum absolute atomic E-state index is 10.7. The first-order valence-electron chi connectivity index (χ1n) is 4.31. The summed E-state index contributed by atoms with van der Waals surface area (Å²) in [7, 11) is 0. The monoisotopic (exact) mass is 215 g/mol. The van der Waals surface area contributed by atoms with Gasteiger partial charge in [-0.25, -0.2) is 0 Å². The maximum Gasteiger partial charge on any atom is 1.00 e. The van der Waals surface area contributed by atoms with Gasteiger partial charge in [0.2, 0.25) is 0 Å². The second kappa shape index (κ2) is 5.39. The van der Waals surface area contributed by atoms with Gasteiger partial charge >= 0.3 is 51.4 Å². The molecule has 14 heavy (non-hydrogen) atoms. The third-order valence-corrected chi connectivity index (χ3v) is 2.34. The van der Waals surface area contributed by atoms with Gasteiger partial charge in [-0.1, -0.05) is 24.3 Å². The van der Waals surface area contributed by atoms with Gasteiger partial charge in [0.25, 0.3) is 0 Å². The molecule has 1 aliphatic heterocycles. The van der Waals surface area contributed by atoms with Gasteiger partial charge in [0, 0.05) is 6.54 Å². The van der Waals surface area contributed by atoms with Crippen molar-refractivity contribution in [3.8, 4) is 0 Å². The average molecular weight is 215 g/mol. The van der Waals surface area contributed by atoms with Crippen molar-refractivity contribution in [2.75, 3.05) is 6.54 Å². The van der Waals surface area contributed by atoms with E-state index in [2.05, 4.69) is 5.32 Å². The van der Waals surface area contributed by atoms with Crippen LogP contribution in [0.2, 0.25) is 0 Å². The molecule has 4 heteroatoms. The predicted molar refractivity (Wildman–Crippen MR) is 45.9 cm³/mol. The molecule has 1 aliphatic rings. The number of benzene rings is 1. The molecular formula is C10H10KNO2. The zero-order chi connectivity index (χ0) is 9.26. The van der Waals surface area contributed by atoms with Gasteiger partial charge in [0.05, 0.1) is 12.0 Å². The Hall–Kier alpha value is 0.286. The van der Waals surface area contributed by atoms with Crippen LogP contribution in [0.3, 0.4) is 0 Å². The number of carboxylic acid groups (broad SMARTS) is 1. The minimum Gasteiger partial charge on any atom is -0.548 e. The van der Waals surface area contributed by atoms with E-state index in [1.165, 1.54) is 0 Å². The minimum atomic E-state index is -1.05. The molecule has 0 saturated carbocycles. The Labute approximate surface area is 125 Å². The smallest absolute Gasteiger partial charge is 0.548 e. The molecule has 0 bridgehead atoms. The van der Waals surface area contributed by atoms with E-state index < -0.39 is 12.0 Å². The molecule has 0 fully saturated rings. The second-order valence-electron chi connectivity index (χ2n) is 3.15. The van der Waals surface area contributed by atoms with Crippen molar-refractivity contribution in [2.24, 2.45) is 0 Å². The summed E-state index contributed by atoms with van der Waals surface area (Å²) >= 11 is 0. The fraction of sp³-hybridized carbons (Fsp3) is 0.300. The van der Waals surface area contributed by atoms with Crippen molar-refractivity contribution in [2.45, 2.75) is 12.5 Å². The van der Waals surface area contributed by atoms with Gasteiger partial charge in [-0.3, -0.25) is 0 Å². The van der Waals surface area contributed by atoms with E-state index in [-0.39, 0.29) is 51.4 Å². The molecule has 1 aromatic rings. The predicted octanol–water partition coefficient (Wildman–Crippen LogP) is -3.37. The molecule has 0 aromatic heterocycles. The fourth-order valence-corrected chi connectivity index (χ4v) is 1.71. The molecule has 0 amide bonds. The molecular weight excluding hydrogens is 205 g/mol. The van der Waals surface area contributed by atoms with Crippen LogP contribution >= 0.6 is 0 Å². The van der Waals surface area contributed by atoms with Crippen LogP contribution < -0.4 is 61.8 Å². The van der Waals surface area contributed by atoms with Crippen LogP contribution in [0.5, 0.6) is 0 Å². The number of nitrogens with one attached hydrogen (secondary N) is 1. The zero-order valence-electron chi connectivity index (χ0n) is 8.12. The number of carbonyl (C=O) groups is 1. The molecule has 1 heterocycles. The minimum absolute atomic E-state index is 0. The Morgan fingerprint density at radius 3 is 2.86 bits per heavy atom. The summed E-state index contributed by atoms with van der Waals surface area (Å²) in [4.78, 5) is 10.7. The van der Waals surface area contributed by atoms with Crippen molar-refractivity contribution in [3.05, 3.63) is 35.4 Å². The Balaban J connectivity index is 0.000000980. The quantitative estimate of drug-likeness (QED) is 0.498. The summed E-state index contributed by atoms with van der Waals surface area (Å²) in [6, 6.07) is 6.94. The van der Waals surface area contributed by atoms with Gasteiger partial charge < -0.3 is 15.2 Å². The van der Waals surface area contributed by atoms with Crippen LogP contribution in [0.15, 0.2) is 24.3 Å². The molecule has 3 nitrogen and oxygen atoms in total. The number of fused-ring (bicyclic) bond motifs is 1. The maximum atomic E-state index is 10.7. The van der Waals surface area contributed by atoms with Crippen molar-refractivity contribution >= 4 is 5.97 Å². The van der Waals surface area contributed by atoms with E-state index in [0.717, 1.165) is 17.5 Å². The molecule has 0 saturated heterocycles. The molecule has 0 spiro atoms. The van der Waals surface area contributed by atoms with Gasteiger partial charge in [0.15, 0.2) is 0 Å². The molecule has 0 aliphatic carbocycles. The van der Waals surface area contributed by atoms with Crippen LogP contribution in [-0.4, -0.2) is 12.5 Å². The third kappa shape index (κ3) is 2.45. The Bertz CT molecular complexity index is 341. The third-order valence-electron chi connectivity index (χ3n) is 2.34. The summed E-state index contributed by atoms with van der Waals surface area (Å²) in [5.41, 5.74) is 1.95. The topological polar surface area (TPSA) is 52.2 Å². The number of aliphatic carboxylic acids is 1. The van der Waals surface area contributed by atoms with E-state index >= 15 is 0 Å². The summed E-state index contributed by atoms with van der Waals surface area (Å²) in [5.74, 6) is -1.05. The van der Waals surface area contributed by atoms with E-state index in [1.807, 2.05) is 24.3 Å².